The molecule has 112 valence electrons. The van der Waals surface area contributed by atoms with Crippen LogP contribution in [0.3, 0.4) is 0 Å². The molecule has 0 fully saturated rings. The summed E-state index contributed by atoms with van der Waals surface area (Å²) in [6, 6.07) is 13.6. The number of rotatable bonds is 6. The van der Waals surface area contributed by atoms with Crippen molar-refractivity contribution in [2.75, 3.05) is 7.11 Å². The maximum Gasteiger partial charge on any atom is 0.126 e. The minimum absolute atomic E-state index is 0.152. The van der Waals surface area contributed by atoms with Crippen molar-refractivity contribution < 1.29 is 9.13 Å². The van der Waals surface area contributed by atoms with Crippen molar-refractivity contribution in [2.24, 2.45) is 0 Å². The molecule has 1 unspecified atom stereocenters. The molecule has 1 atom stereocenters. The Labute approximate surface area is 126 Å². The van der Waals surface area contributed by atoms with Gasteiger partial charge in [0.15, 0.2) is 0 Å². The van der Waals surface area contributed by atoms with Gasteiger partial charge in [-0.25, -0.2) is 4.39 Å². The van der Waals surface area contributed by atoms with Gasteiger partial charge in [-0.3, -0.25) is 0 Å². The fourth-order valence-electron chi connectivity index (χ4n) is 2.39. The summed E-state index contributed by atoms with van der Waals surface area (Å²) < 4.78 is 18.4. The highest BCUT2D eigenvalue weighted by Gasteiger charge is 2.09. The third-order valence-corrected chi connectivity index (χ3v) is 3.70. The first-order chi connectivity index (χ1) is 10.1. The molecular formula is C18H22FNO. The number of benzene rings is 2. The van der Waals surface area contributed by atoms with Crippen LogP contribution in [0.1, 0.15) is 36.1 Å². The molecule has 2 nitrogen and oxygen atoms in total. The molecule has 0 amide bonds. The molecule has 0 spiro atoms. The molecule has 3 heteroatoms. The number of nitrogens with one attached hydrogen (secondary N) is 1. The molecule has 0 aliphatic heterocycles. The second kappa shape index (κ2) is 7.23. The van der Waals surface area contributed by atoms with Crippen molar-refractivity contribution in [3.63, 3.8) is 0 Å². The van der Waals surface area contributed by atoms with E-state index in [0.717, 1.165) is 24.3 Å². The van der Waals surface area contributed by atoms with E-state index >= 15 is 0 Å². The third kappa shape index (κ3) is 4.05. The summed E-state index contributed by atoms with van der Waals surface area (Å²) in [7, 11) is 1.67. The molecule has 0 aliphatic rings. The minimum Gasteiger partial charge on any atom is -0.497 e. The van der Waals surface area contributed by atoms with Crippen LogP contribution in [-0.4, -0.2) is 7.11 Å². The average Bonchev–Trinajstić information content (AvgIpc) is 2.52. The first kappa shape index (κ1) is 15.5. The highest BCUT2D eigenvalue weighted by molar-refractivity contribution is 5.29. The van der Waals surface area contributed by atoms with Crippen LogP contribution in [0.25, 0.3) is 0 Å². The summed E-state index contributed by atoms with van der Waals surface area (Å²) in [4.78, 5) is 0. The summed E-state index contributed by atoms with van der Waals surface area (Å²) in [6.45, 7) is 4.67. The maximum absolute atomic E-state index is 13.3. The predicted molar refractivity (Wildman–Crippen MR) is 84.0 cm³/mol. The third-order valence-electron chi connectivity index (χ3n) is 3.70. The number of methoxy groups -OCH3 is 1. The van der Waals surface area contributed by atoms with Crippen molar-refractivity contribution >= 4 is 0 Å². The second-order valence-corrected chi connectivity index (χ2v) is 5.20. The topological polar surface area (TPSA) is 21.3 Å². The SMILES string of the molecule is CCC(NCc1ccc(F)c(C)c1)c1ccc(OC)cc1. The van der Waals surface area contributed by atoms with Crippen molar-refractivity contribution in [3.8, 4) is 5.75 Å². The number of ether oxygens (including phenoxy) is 1. The smallest absolute Gasteiger partial charge is 0.126 e. The van der Waals surface area contributed by atoms with Gasteiger partial charge in [-0.2, -0.15) is 0 Å². The van der Waals surface area contributed by atoms with E-state index in [2.05, 4.69) is 24.4 Å². The number of halogens is 1. The predicted octanol–water partition coefficient (Wildman–Crippen LogP) is 4.38. The fraction of sp³-hybridized carbons (Fsp3) is 0.333. The summed E-state index contributed by atoms with van der Waals surface area (Å²) in [5.41, 5.74) is 3.02. The van der Waals surface area contributed by atoms with E-state index in [0.29, 0.717) is 5.56 Å². The highest BCUT2D eigenvalue weighted by atomic mass is 19.1. The lowest BCUT2D eigenvalue weighted by Gasteiger charge is -2.18. The van der Waals surface area contributed by atoms with Gasteiger partial charge in [0.05, 0.1) is 7.11 Å². The summed E-state index contributed by atoms with van der Waals surface area (Å²) >= 11 is 0. The Morgan fingerprint density at radius 2 is 1.86 bits per heavy atom. The Bertz CT molecular complexity index is 580. The van der Waals surface area contributed by atoms with Crippen LogP contribution in [0.5, 0.6) is 5.75 Å². The lowest BCUT2D eigenvalue weighted by atomic mass is 10.0. The quantitative estimate of drug-likeness (QED) is 0.851. The molecule has 0 radical (unpaired) electrons. The Balaban J connectivity index is 2.02. The van der Waals surface area contributed by atoms with E-state index < -0.39 is 0 Å². The van der Waals surface area contributed by atoms with Gasteiger partial charge in [-0.1, -0.05) is 31.2 Å². The second-order valence-electron chi connectivity index (χ2n) is 5.20. The monoisotopic (exact) mass is 287 g/mol. The lowest BCUT2D eigenvalue weighted by Crippen LogP contribution is -2.20. The van der Waals surface area contributed by atoms with Gasteiger partial charge in [-0.15, -0.1) is 0 Å². The molecule has 0 saturated carbocycles. The first-order valence-electron chi connectivity index (χ1n) is 7.26. The molecule has 2 rings (SSSR count). The molecular weight excluding hydrogens is 265 g/mol. The van der Waals surface area contributed by atoms with Gasteiger partial charge in [-0.05, 0) is 48.2 Å². The molecule has 0 heterocycles. The molecule has 0 saturated heterocycles. The Kier molecular flexibility index (Phi) is 5.34. The Hall–Kier alpha value is -1.87. The molecule has 21 heavy (non-hydrogen) atoms. The molecule has 0 bridgehead atoms. The van der Waals surface area contributed by atoms with Gasteiger partial charge in [0, 0.05) is 12.6 Å². The highest BCUT2D eigenvalue weighted by Crippen LogP contribution is 2.20. The minimum atomic E-state index is -0.152. The van der Waals surface area contributed by atoms with E-state index in [-0.39, 0.29) is 11.9 Å². The van der Waals surface area contributed by atoms with Gasteiger partial charge in [0.25, 0.3) is 0 Å². The zero-order chi connectivity index (χ0) is 15.2. The summed E-state index contributed by atoms with van der Waals surface area (Å²) in [5, 5.41) is 3.52. The van der Waals surface area contributed by atoms with Crippen LogP contribution in [0, 0.1) is 12.7 Å². The normalized spacial score (nSPS) is 12.2. The summed E-state index contributed by atoms with van der Waals surface area (Å²) in [6.07, 6.45) is 0.993. The average molecular weight is 287 g/mol. The summed E-state index contributed by atoms with van der Waals surface area (Å²) in [5.74, 6) is 0.712. The zero-order valence-corrected chi connectivity index (χ0v) is 12.8. The van der Waals surface area contributed by atoms with E-state index in [4.69, 9.17) is 4.74 Å². The molecule has 1 N–H and O–H groups in total. The van der Waals surface area contributed by atoms with E-state index in [1.807, 2.05) is 24.3 Å². The van der Waals surface area contributed by atoms with Crippen LogP contribution in [0.15, 0.2) is 42.5 Å². The number of hydrogen-bond acceptors (Lipinski definition) is 2. The molecule has 2 aromatic carbocycles. The van der Waals surface area contributed by atoms with Crippen LogP contribution in [-0.2, 0) is 6.54 Å². The van der Waals surface area contributed by atoms with Crippen LogP contribution >= 0.6 is 0 Å². The van der Waals surface area contributed by atoms with E-state index in [1.54, 1.807) is 14.0 Å². The molecule has 0 aliphatic carbocycles. The van der Waals surface area contributed by atoms with Crippen LogP contribution < -0.4 is 10.1 Å². The molecule has 0 aromatic heterocycles. The van der Waals surface area contributed by atoms with Crippen LogP contribution in [0.2, 0.25) is 0 Å². The maximum atomic E-state index is 13.3. The van der Waals surface area contributed by atoms with Crippen molar-refractivity contribution in [1.29, 1.82) is 0 Å². The molecule has 2 aromatic rings. The fourth-order valence-corrected chi connectivity index (χ4v) is 2.39. The van der Waals surface area contributed by atoms with Gasteiger partial charge >= 0.3 is 0 Å². The zero-order valence-electron chi connectivity index (χ0n) is 12.8. The number of hydrogen-bond donors (Lipinski definition) is 1. The Morgan fingerprint density at radius 3 is 2.43 bits per heavy atom. The van der Waals surface area contributed by atoms with Crippen LogP contribution in [0.4, 0.5) is 4.39 Å². The largest absolute Gasteiger partial charge is 0.497 e. The van der Waals surface area contributed by atoms with E-state index in [9.17, 15) is 4.39 Å². The van der Waals surface area contributed by atoms with Gasteiger partial charge in [0.2, 0.25) is 0 Å². The van der Waals surface area contributed by atoms with E-state index in [1.165, 1.54) is 11.6 Å². The van der Waals surface area contributed by atoms with Crippen molar-refractivity contribution in [2.45, 2.75) is 32.9 Å². The Morgan fingerprint density at radius 1 is 1.14 bits per heavy atom. The lowest BCUT2D eigenvalue weighted by molar-refractivity contribution is 0.414. The first-order valence-corrected chi connectivity index (χ1v) is 7.26. The van der Waals surface area contributed by atoms with Gasteiger partial charge in [0.1, 0.15) is 11.6 Å². The number of aryl methyl sites for hydroxylation is 1. The van der Waals surface area contributed by atoms with Crippen molar-refractivity contribution in [1.82, 2.24) is 5.32 Å². The van der Waals surface area contributed by atoms with Crippen molar-refractivity contribution in [3.05, 3.63) is 65.0 Å². The van der Waals surface area contributed by atoms with Gasteiger partial charge < -0.3 is 10.1 Å². The standard InChI is InChI=1S/C18H22FNO/c1-4-18(15-6-8-16(21-3)9-7-15)20-12-14-5-10-17(19)13(2)11-14/h5-11,18,20H,4,12H2,1-3H3.